The molecule has 3 rings (SSSR count). The standard InChI is InChI=1S/C14H19N5O6/c1-3-4-18-7-10(16-13(15)17-11(7)22)19(14(18)23)12-9(24-2)8(21)6(5-20)25-12/h3,6,8-9,12,20-21H,1,4-5H2,2H3,(H3,15,16,17,22). The molecule has 1 aliphatic rings. The minimum absolute atomic E-state index is 0.000471. The van der Waals surface area contributed by atoms with Crippen molar-refractivity contribution in [3.63, 3.8) is 0 Å². The molecule has 5 N–H and O–H groups in total. The zero-order valence-electron chi connectivity index (χ0n) is 13.5. The third kappa shape index (κ3) is 2.57. The van der Waals surface area contributed by atoms with E-state index < -0.39 is 42.4 Å². The summed E-state index contributed by atoms with van der Waals surface area (Å²) in [6.07, 6.45) is -2.69. The van der Waals surface area contributed by atoms with Crippen molar-refractivity contribution in [2.75, 3.05) is 19.5 Å². The van der Waals surface area contributed by atoms with Crippen LogP contribution >= 0.6 is 0 Å². The number of nitrogens with zero attached hydrogens (tertiary/aromatic N) is 3. The number of allylic oxidation sites excluding steroid dienone is 1. The first-order valence-electron chi connectivity index (χ1n) is 7.53. The van der Waals surface area contributed by atoms with Crippen LogP contribution in [0.5, 0.6) is 0 Å². The molecular weight excluding hydrogens is 334 g/mol. The second-order valence-electron chi connectivity index (χ2n) is 5.61. The van der Waals surface area contributed by atoms with Crippen molar-refractivity contribution in [1.82, 2.24) is 19.1 Å². The van der Waals surface area contributed by atoms with Crippen molar-refractivity contribution in [2.24, 2.45) is 0 Å². The molecule has 136 valence electrons. The molecule has 4 unspecified atom stereocenters. The first-order valence-corrected chi connectivity index (χ1v) is 7.53. The highest BCUT2D eigenvalue weighted by Crippen LogP contribution is 2.32. The number of ether oxygens (including phenoxy) is 2. The van der Waals surface area contributed by atoms with Gasteiger partial charge in [-0.15, -0.1) is 6.58 Å². The Morgan fingerprint density at radius 2 is 2.24 bits per heavy atom. The lowest BCUT2D eigenvalue weighted by Gasteiger charge is -2.19. The smallest absolute Gasteiger partial charge is 0.333 e. The number of H-pyrrole nitrogens is 1. The number of aliphatic hydroxyl groups is 2. The predicted octanol–water partition coefficient (Wildman–Crippen LogP) is -2.08. The summed E-state index contributed by atoms with van der Waals surface area (Å²) in [5, 5.41) is 19.5. The van der Waals surface area contributed by atoms with Crippen LogP contribution in [0.15, 0.2) is 22.2 Å². The second kappa shape index (κ2) is 6.44. The number of aromatic nitrogens is 4. The average Bonchev–Trinajstić information content (AvgIpc) is 3.02. The Morgan fingerprint density at radius 1 is 1.52 bits per heavy atom. The summed E-state index contributed by atoms with van der Waals surface area (Å²) < 4.78 is 13.1. The van der Waals surface area contributed by atoms with Crippen molar-refractivity contribution in [2.45, 2.75) is 31.1 Å². The first-order chi connectivity index (χ1) is 11.9. The Morgan fingerprint density at radius 3 is 2.84 bits per heavy atom. The van der Waals surface area contributed by atoms with E-state index in [1.165, 1.54) is 17.8 Å². The molecule has 3 heterocycles. The van der Waals surface area contributed by atoms with E-state index in [1.807, 2.05) is 0 Å². The summed E-state index contributed by atoms with van der Waals surface area (Å²) in [4.78, 5) is 31.5. The zero-order valence-corrected chi connectivity index (χ0v) is 13.5. The quantitative estimate of drug-likeness (QED) is 0.446. The van der Waals surface area contributed by atoms with Crippen molar-refractivity contribution < 1.29 is 19.7 Å². The van der Waals surface area contributed by atoms with Crippen molar-refractivity contribution >= 4 is 17.1 Å². The van der Waals surface area contributed by atoms with Crippen LogP contribution in [-0.4, -0.2) is 61.3 Å². The SMILES string of the molecule is C=CCn1c(=O)n(C2OC(CO)C(O)C2OC)c2nc(N)[nH]c(=O)c21. The number of aliphatic hydroxyl groups excluding tert-OH is 2. The van der Waals surface area contributed by atoms with Gasteiger partial charge in [-0.2, -0.15) is 4.98 Å². The van der Waals surface area contributed by atoms with E-state index in [2.05, 4.69) is 16.5 Å². The number of nitrogen functional groups attached to an aromatic ring is 1. The van der Waals surface area contributed by atoms with Gasteiger partial charge in [0.05, 0.1) is 6.61 Å². The van der Waals surface area contributed by atoms with Crippen LogP contribution in [0, 0.1) is 0 Å². The van der Waals surface area contributed by atoms with Gasteiger partial charge in [0.15, 0.2) is 17.4 Å². The number of anilines is 1. The van der Waals surface area contributed by atoms with Gasteiger partial charge in [0, 0.05) is 13.7 Å². The Balaban J connectivity index is 2.29. The molecule has 2 aromatic rings. The largest absolute Gasteiger partial charge is 0.394 e. The molecule has 4 atom stereocenters. The summed E-state index contributed by atoms with van der Waals surface area (Å²) >= 11 is 0. The van der Waals surface area contributed by atoms with Crippen LogP contribution in [0.25, 0.3) is 11.2 Å². The topological polar surface area (TPSA) is 158 Å². The molecule has 1 aliphatic heterocycles. The monoisotopic (exact) mass is 353 g/mol. The molecule has 0 amide bonds. The fraction of sp³-hybridized carbons (Fsp3) is 0.500. The van der Waals surface area contributed by atoms with E-state index in [-0.39, 0.29) is 23.7 Å². The van der Waals surface area contributed by atoms with E-state index in [0.717, 1.165) is 4.57 Å². The number of nitrogens with one attached hydrogen (secondary N) is 1. The molecule has 0 aromatic carbocycles. The van der Waals surface area contributed by atoms with Crippen LogP contribution in [0.4, 0.5) is 5.95 Å². The lowest BCUT2D eigenvalue weighted by Crippen LogP contribution is -2.37. The van der Waals surface area contributed by atoms with E-state index >= 15 is 0 Å². The number of hydrogen-bond donors (Lipinski definition) is 4. The molecular formula is C14H19N5O6. The van der Waals surface area contributed by atoms with Crippen molar-refractivity contribution in [1.29, 1.82) is 0 Å². The van der Waals surface area contributed by atoms with Gasteiger partial charge in [-0.25, -0.2) is 9.36 Å². The van der Waals surface area contributed by atoms with Gasteiger partial charge >= 0.3 is 5.69 Å². The fourth-order valence-corrected chi connectivity index (χ4v) is 3.06. The molecule has 0 bridgehead atoms. The summed E-state index contributed by atoms with van der Waals surface area (Å²) in [6.45, 7) is 3.17. The van der Waals surface area contributed by atoms with Gasteiger partial charge in [0.1, 0.15) is 18.3 Å². The van der Waals surface area contributed by atoms with Gasteiger partial charge in [0.25, 0.3) is 5.56 Å². The molecule has 0 radical (unpaired) electrons. The van der Waals surface area contributed by atoms with Gasteiger partial charge in [0.2, 0.25) is 5.95 Å². The second-order valence-corrected chi connectivity index (χ2v) is 5.61. The maximum Gasteiger partial charge on any atom is 0.333 e. The Bertz CT molecular complexity index is 915. The van der Waals surface area contributed by atoms with Gasteiger partial charge in [-0.05, 0) is 0 Å². The zero-order chi connectivity index (χ0) is 18.3. The lowest BCUT2D eigenvalue weighted by atomic mass is 10.1. The normalized spacial score (nSPS) is 26.4. The third-order valence-electron chi connectivity index (χ3n) is 4.16. The predicted molar refractivity (Wildman–Crippen MR) is 87.0 cm³/mol. The number of aromatic amines is 1. The summed E-state index contributed by atoms with van der Waals surface area (Å²) in [6, 6.07) is 0. The molecule has 0 saturated carbocycles. The van der Waals surface area contributed by atoms with Crippen LogP contribution in [-0.2, 0) is 16.0 Å². The maximum absolute atomic E-state index is 12.9. The number of fused-ring (bicyclic) bond motifs is 1. The number of rotatable bonds is 5. The number of nitrogens with two attached hydrogens (primary N) is 1. The lowest BCUT2D eigenvalue weighted by molar-refractivity contribution is -0.0601. The molecule has 1 fully saturated rings. The van der Waals surface area contributed by atoms with Gasteiger partial charge in [-0.3, -0.25) is 14.3 Å². The Labute approximate surface area is 140 Å². The first kappa shape index (κ1) is 17.4. The van der Waals surface area contributed by atoms with Crippen molar-refractivity contribution in [3.8, 4) is 0 Å². The number of hydrogen-bond acceptors (Lipinski definition) is 8. The molecule has 25 heavy (non-hydrogen) atoms. The molecule has 0 aliphatic carbocycles. The summed E-state index contributed by atoms with van der Waals surface area (Å²) in [7, 11) is 1.34. The fourth-order valence-electron chi connectivity index (χ4n) is 3.06. The molecule has 2 aromatic heterocycles. The highest BCUT2D eigenvalue weighted by molar-refractivity contribution is 5.71. The van der Waals surface area contributed by atoms with Crippen LogP contribution < -0.4 is 17.0 Å². The molecule has 11 heteroatoms. The molecule has 1 saturated heterocycles. The van der Waals surface area contributed by atoms with E-state index in [1.54, 1.807) is 0 Å². The maximum atomic E-state index is 12.9. The third-order valence-corrected chi connectivity index (χ3v) is 4.16. The van der Waals surface area contributed by atoms with E-state index in [9.17, 15) is 19.8 Å². The van der Waals surface area contributed by atoms with Crippen LogP contribution in [0.2, 0.25) is 0 Å². The van der Waals surface area contributed by atoms with E-state index in [0.29, 0.717) is 0 Å². The van der Waals surface area contributed by atoms with E-state index in [4.69, 9.17) is 15.2 Å². The Kier molecular flexibility index (Phi) is 4.47. The number of imidazole rings is 1. The summed E-state index contributed by atoms with van der Waals surface area (Å²) in [5.74, 6) is -0.173. The highest BCUT2D eigenvalue weighted by Gasteiger charge is 2.46. The highest BCUT2D eigenvalue weighted by atomic mass is 16.6. The minimum Gasteiger partial charge on any atom is -0.394 e. The average molecular weight is 353 g/mol. The van der Waals surface area contributed by atoms with Gasteiger partial charge in [-0.1, -0.05) is 6.08 Å². The van der Waals surface area contributed by atoms with Crippen molar-refractivity contribution in [3.05, 3.63) is 33.5 Å². The van der Waals surface area contributed by atoms with Gasteiger partial charge < -0.3 is 25.4 Å². The van der Waals surface area contributed by atoms with Crippen LogP contribution in [0.1, 0.15) is 6.23 Å². The molecule has 0 spiro atoms. The Hall–Kier alpha value is -2.47. The van der Waals surface area contributed by atoms with Crippen LogP contribution in [0.3, 0.4) is 0 Å². The molecule has 11 nitrogen and oxygen atoms in total. The minimum atomic E-state index is -1.16. The summed E-state index contributed by atoms with van der Waals surface area (Å²) in [5.41, 5.74) is 4.40. The number of methoxy groups -OCH3 is 1.